The van der Waals surface area contributed by atoms with Crippen molar-refractivity contribution in [2.45, 2.75) is 18.8 Å². The number of nitrogens with zero attached hydrogens (tertiary/aromatic N) is 4. The van der Waals surface area contributed by atoms with Gasteiger partial charge in [-0.05, 0) is 48.7 Å². The van der Waals surface area contributed by atoms with Gasteiger partial charge < -0.3 is 9.32 Å². The van der Waals surface area contributed by atoms with E-state index in [0.717, 1.165) is 42.0 Å². The molecule has 1 amide bonds. The maximum absolute atomic E-state index is 13.5. The number of furan rings is 1. The highest BCUT2D eigenvalue weighted by molar-refractivity contribution is 5.93. The van der Waals surface area contributed by atoms with E-state index in [1.807, 2.05) is 29.3 Å². The van der Waals surface area contributed by atoms with Crippen molar-refractivity contribution in [2.75, 3.05) is 13.1 Å². The first kappa shape index (κ1) is 17.6. The van der Waals surface area contributed by atoms with Crippen LogP contribution in [0.3, 0.4) is 0 Å². The molecule has 1 atom stereocenters. The van der Waals surface area contributed by atoms with Gasteiger partial charge in [-0.1, -0.05) is 12.1 Å². The van der Waals surface area contributed by atoms with E-state index in [4.69, 9.17) is 4.42 Å². The van der Waals surface area contributed by atoms with Crippen LogP contribution in [0.15, 0.2) is 65.6 Å². The third kappa shape index (κ3) is 3.40. The number of rotatable bonds is 3. The quantitative estimate of drug-likeness (QED) is 0.527. The third-order valence-corrected chi connectivity index (χ3v) is 5.35. The molecule has 0 spiro atoms. The van der Waals surface area contributed by atoms with Gasteiger partial charge in [0.1, 0.15) is 12.1 Å². The van der Waals surface area contributed by atoms with Gasteiger partial charge in [-0.25, -0.2) is 13.9 Å². The van der Waals surface area contributed by atoms with Gasteiger partial charge in [0.15, 0.2) is 11.5 Å². The van der Waals surface area contributed by atoms with Gasteiger partial charge >= 0.3 is 0 Å². The smallest absolute Gasteiger partial charge is 0.257 e. The molecule has 3 aromatic heterocycles. The summed E-state index contributed by atoms with van der Waals surface area (Å²) in [5.74, 6) is 0.510. The molecule has 0 saturated carbocycles. The highest BCUT2D eigenvalue weighted by atomic mass is 19.1. The van der Waals surface area contributed by atoms with Crippen molar-refractivity contribution in [1.29, 1.82) is 0 Å². The number of amides is 1. The van der Waals surface area contributed by atoms with Gasteiger partial charge in [0.25, 0.3) is 5.91 Å². The van der Waals surface area contributed by atoms with Crippen molar-refractivity contribution in [1.82, 2.24) is 19.5 Å². The molecule has 4 heterocycles. The number of pyridine rings is 1. The van der Waals surface area contributed by atoms with Crippen LogP contribution in [0.25, 0.3) is 16.8 Å². The molecule has 1 fully saturated rings. The molecule has 1 aliphatic heterocycles. The summed E-state index contributed by atoms with van der Waals surface area (Å²) >= 11 is 0. The fourth-order valence-corrected chi connectivity index (χ4v) is 3.85. The average molecular weight is 390 g/mol. The standard InChI is InChI=1S/C22H19FN4O2/c23-19-5-1-3-15(11-19)16-6-7-20-24-21(25-27(20)13-16)17-4-2-9-26(12-17)22(28)18-8-10-29-14-18/h1,3,5-8,10-11,13-14,17H,2,4,9,12H2. The lowest BCUT2D eigenvalue weighted by atomic mass is 9.97. The zero-order valence-electron chi connectivity index (χ0n) is 15.7. The Morgan fingerprint density at radius 1 is 1.17 bits per heavy atom. The van der Waals surface area contributed by atoms with Crippen molar-refractivity contribution in [3.8, 4) is 11.1 Å². The molecule has 29 heavy (non-hydrogen) atoms. The second-order valence-corrected chi connectivity index (χ2v) is 7.30. The molecular weight excluding hydrogens is 371 g/mol. The van der Waals surface area contributed by atoms with Crippen LogP contribution in [-0.2, 0) is 0 Å². The molecule has 1 aromatic carbocycles. The largest absolute Gasteiger partial charge is 0.472 e. The van der Waals surface area contributed by atoms with Crippen molar-refractivity contribution in [3.05, 3.63) is 78.4 Å². The fourth-order valence-electron chi connectivity index (χ4n) is 3.85. The Kier molecular flexibility index (Phi) is 4.35. The Labute approximate surface area is 166 Å². The third-order valence-electron chi connectivity index (χ3n) is 5.35. The number of likely N-dealkylation sites (tertiary alicyclic amines) is 1. The SMILES string of the molecule is O=C(c1ccoc1)N1CCCC(c2nc3ccc(-c4cccc(F)c4)cn3n2)C1. The number of carbonyl (C=O) groups excluding carboxylic acids is 1. The Morgan fingerprint density at radius 2 is 2.10 bits per heavy atom. The fraction of sp³-hybridized carbons (Fsp3) is 0.227. The number of benzene rings is 1. The monoisotopic (exact) mass is 390 g/mol. The van der Waals surface area contributed by atoms with Crippen molar-refractivity contribution in [3.63, 3.8) is 0 Å². The van der Waals surface area contributed by atoms with Crippen molar-refractivity contribution < 1.29 is 13.6 Å². The number of halogens is 1. The molecule has 4 aromatic rings. The number of hydrogen-bond donors (Lipinski definition) is 0. The molecule has 5 rings (SSSR count). The summed E-state index contributed by atoms with van der Waals surface area (Å²) in [6.45, 7) is 1.30. The van der Waals surface area contributed by atoms with E-state index < -0.39 is 0 Å². The Bertz CT molecular complexity index is 1170. The predicted molar refractivity (Wildman–Crippen MR) is 105 cm³/mol. The summed E-state index contributed by atoms with van der Waals surface area (Å²) in [6.07, 6.45) is 6.68. The van der Waals surface area contributed by atoms with Gasteiger partial charge in [-0.3, -0.25) is 4.79 Å². The lowest BCUT2D eigenvalue weighted by Gasteiger charge is -2.31. The van der Waals surface area contributed by atoms with Crippen LogP contribution in [0.2, 0.25) is 0 Å². The molecule has 0 radical (unpaired) electrons. The number of carbonyl (C=O) groups is 1. The van der Waals surface area contributed by atoms with E-state index in [9.17, 15) is 9.18 Å². The number of hydrogen-bond acceptors (Lipinski definition) is 4. The molecule has 7 heteroatoms. The van der Waals surface area contributed by atoms with E-state index in [1.54, 1.807) is 16.6 Å². The lowest BCUT2D eigenvalue weighted by Crippen LogP contribution is -2.39. The summed E-state index contributed by atoms with van der Waals surface area (Å²) in [5.41, 5.74) is 2.96. The molecule has 0 aliphatic carbocycles. The Balaban J connectivity index is 1.40. The molecule has 1 saturated heterocycles. The van der Waals surface area contributed by atoms with Gasteiger partial charge in [-0.2, -0.15) is 5.10 Å². The minimum Gasteiger partial charge on any atom is -0.472 e. The average Bonchev–Trinajstić information content (AvgIpc) is 3.43. The maximum Gasteiger partial charge on any atom is 0.257 e. The van der Waals surface area contributed by atoms with Crippen LogP contribution in [0.1, 0.15) is 34.9 Å². The molecule has 0 bridgehead atoms. The van der Waals surface area contributed by atoms with Crippen LogP contribution in [-0.4, -0.2) is 38.5 Å². The molecule has 0 N–H and O–H groups in total. The normalized spacial score (nSPS) is 17.0. The van der Waals surface area contributed by atoms with E-state index in [0.29, 0.717) is 12.1 Å². The summed E-state index contributed by atoms with van der Waals surface area (Å²) < 4.78 is 20.3. The molecular formula is C22H19FN4O2. The van der Waals surface area contributed by atoms with E-state index in [1.165, 1.54) is 24.7 Å². The summed E-state index contributed by atoms with van der Waals surface area (Å²) in [6, 6.07) is 12.0. The Morgan fingerprint density at radius 3 is 2.93 bits per heavy atom. The first-order valence-electron chi connectivity index (χ1n) is 9.61. The second kappa shape index (κ2) is 7.16. The topological polar surface area (TPSA) is 63.6 Å². The van der Waals surface area contributed by atoms with E-state index in [-0.39, 0.29) is 17.6 Å². The molecule has 6 nitrogen and oxygen atoms in total. The Hall–Kier alpha value is -3.48. The minimum absolute atomic E-state index is 0.0272. The van der Waals surface area contributed by atoms with Crippen LogP contribution >= 0.6 is 0 Å². The van der Waals surface area contributed by atoms with Gasteiger partial charge in [0.2, 0.25) is 0 Å². The van der Waals surface area contributed by atoms with Crippen LogP contribution < -0.4 is 0 Å². The predicted octanol–water partition coefficient (Wildman–Crippen LogP) is 4.15. The zero-order valence-corrected chi connectivity index (χ0v) is 15.7. The number of piperidine rings is 1. The van der Waals surface area contributed by atoms with Crippen molar-refractivity contribution in [2.24, 2.45) is 0 Å². The summed E-state index contributed by atoms with van der Waals surface area (Å²) in [7, 11) is 0. The number of fused-ring (bicyclic) bond motifs is 1. The van der Waals surface area contributed by atoms with Crippen LogP contribution in [0.5, 0.6) is 0 Å². The first-order chi connectivity index (χ1) is 14.2. The minimum atomic E-state index is -0.272. The van der Waals surface area contributed by atoms with E-state index >= 15 is 0 Å². The van der Waals surface area contributed by atoms with E-state index in [2.05, 4.69) is 10.1 Å². The van der Waals surface area contributed by atoms with Gasteiger partial charge in [0.05, 0.1) is 11.8 Å². The lowest BCUT2D eigenvalue weighted by molar-refractivity contribution is 0.0704. The van der Waals surface area contributed by atoms with Gasteiger partial charge in [-0.15, -0.1) is 0 Å². The highest BCUT2D eigenvalue weighted by Crippen LogP contribution is 2.27. The summed E-state index contributed by atoms with van der Waals surface area (Å²) in [5, 5.41) is 4.66. The number of aromatic nitrogens is 3. The van der Waals surface area contributed by atoms with Crippen LogP contribution in [0.4, 0.5) is 4.39 Å². The molecule has 146 valence electrons. The van der Waals surface area contributed by atoms with Crippen LogP contribution in [0, 0.1) is 5.82 Å². The van der Waals surface area contributed by atoms with Gasteiger partial charge in [0, 0.05) is 30.8 Å². The molecule has 1 aliphatic rings. The van der Waals surface area contributed by atoms with Crippen molar-refractivity contribution >= 4 is 11.6 Å². The summed E-state index contributed by atoms with van der Waals surface area (Å²) in [4.78, 5) is 19.1. The highest BCUT2D eigenvalue weighted by Gasteiger charge is 2.28. The second-order valence-electron chi connectivity index (χ2n) is 7.30. The maximum atomic E-state index is 13.5. The first-order valence-corrected chi connectivity index (χ1v) is 9.61. The zero-order chi connectivity index (χ0) is 19.8. The molecule has 1 unspecified atom stereocenters.